The lowest BCUT2D eigenvalue weighted by atomic mass is 9.84. The highest BCUT2D eigenvalue weighted by Gasteiger charge is 2.26. The van der Waals surface area contributed by atoms with Crippen molar-refractivity contribution in [3.05, 3.63) is 76.9 Å². The van der Waals surface area contributed by atoms with Gasteiger partial charge in [0.2, 0.25) is 0 Å². The zero-order valence-electron chi connectivity index (χ0n) is 20.7. The van der Waals surface area contributed by atoms with Gasteiger partial charge in [0.1, 0.15) is 11.5 Å². The van der Waals surface area contributed by atoms with Crippen molar-refractivity contribution in [2.75, 3.05) is 24.9 Å². The second-order valence-corrected chi connectivity index (χ2v) is 9.45. The molecule has 0 fully saturated rings. The Hall–Kier alpha value is -3.40. The first kappa shape index (κ1) is 22.8. The van der Waals surface area contributed by atoms with Crippen LogP contribution in [-0.4, -0.2) is 19.8 Å². The fourth-order valence-corrected chi connectivity index (χ4v) is 4.81. The van der Waals surface area contributed by atoms with E-state index in [4.69, 9.17) is 9.47 Å². The third kappa shape index (κ3) is 4.56. The van der Waals surface area contributed by atoms with E-state index in [-0.39, 0.29) is 5.54 Å². The van der Waals surface area contributed by atoms with Crippen LogP contribution in [0, 0.1) is 13.8 Å². The van der Waals surface area contributed by atoms with Crippen molar-refractivity contribution >= 4 is 16.9 Å². The van der Waals surface area contributed by atoms with Crippen LogP contribution in [-0.2, 0) is 6.54 Å². The Morgan fingerprint density at radius 2 is 1.48 bits per heavy atom. The van der Waals surface area contributed by atoms with Gasteiger partial charge in [-0.15, -0.1) is 0 Å². The molecule has 0 unspecified atom stereocenters. The van der Waals surface area contributed by atoms with Gasteiger partial charge < -0.3 is 20.1 Å². The molecule has 0 spiro atoms. The van der Waals surface area contributed by atoms with Crippen LogP contribution in [0.4, 0.5) is 11.4 Å². The van der Waals surface area contributed by atoms with E-state index in [0.717, 1.165) is 28.4 Å². The molecule has 0 amide bonds. The molecule has 0 bridgehead atoms. The minimum atomic E-state index is -0.0932. The first-order valence-corrected chi connectivity index (χ1v) is 11.4. The van der Waals surface area contributed by atoms with Gasteiger partial charge in [0.15, 0.2) is 0 Å². The number of fused-ring (bicyclic) bond motifs is 1. The molecule has 1 aliphatic heterocycles. The highest BCUT2D eigenvalue weighted by Crippen LogP contribution is 2.43. The summed E-state index contributed by atoms with van der Waals surface area (Å²) in [5.74, 6) is 1.72. The Morgan fingerprint density at radius 1 is 0.818 bits per heavy atom. The zero-order chi connectivity index (χ0) is 23.8. The monoisotopic (exact) mass is 442 g/mol. The third-order valence-electron chi connectivity index (χ3n) is 6.20. The molecule has 3 aromatic rings. The first-order valence-electron chi connectivity index (χ1n) is 11.4. The van der Waals surface area contributed by atoms with E-state index < -0.39 is 0 Å². The average Bonchev–Trinajstić information content (AvgIpc) is 2.76. The summed E-state index contributed by atoms with van der Waals surface area (Å²) in [6, 6.07) is 17.0. The Labute approximate surface area is 197 Å². The Bertz CT molecular complexity index is 1220. The molecule has 1 heterocycles. The molecule has 0 saturated carbocycles. The maximum atomic E-state index is 5.76. The van der Waals surface area contributed by atoms with E-state index in [1.807, 2.05) is 6.07 Å². The lowest BCUT2D eigenvalue weighted by Gasteiger charge is -2.33. The fourth-order valence-electron chi connectivity index (χ4n) is 4.81. The molecule has 4 nitrogen and oxygen atoms in total. The maximum Gasteiger partial charge on any atom is 0.141 e. The number of allylic oxidation sites excluding steroid dienone is 1. The van der Waals surface area contributed by atoms with E-state index >= 15 is 0 Å². The summed E-state index contributed by atoms with van der Waals surface area (Å²) < 4.78 is 11.4. The molecule has 0 radical (unpaired) electrons. The van der Waals surface area contributed by atoms with Crippen molar-refractivity contribution in [1.29, 1.82) is 0 Å². The van der Waals surface area contributed by atoms with Crippen LogP contribution in [0.3, 0.4) is 0 Å². The second kappa shape index (κ2) is 8.86. The molecule has 4 heteroatoms. The van der Waals surface area contributed by atoms with Gasteiger partial charge in [0.25, 0.3) is 0 Å². The Kier molecular flexibility index (Phi) is 6.11. The van der Waals surface area contributed by atoms with E-state index in [1.165, 1.54) is 33.4 Å². The number of hydrogen-bond acceptors (Lipinski definition) is 4. The van der Waals surface area contributed by atoms with Crippen molar-refractivity contribution in [1.82, 2.24) is 0 Å². The number of hydrogen-bond donors (Lipinski definition) is 2. The van der Waals surface area contributed by atoms with Gasteiger partial charge in [-0.25, -0.2) is 0 Å². The van der Waals surface area contributed by atoms with Crippen LogP contribution in [0.2, 0.25) is 0 Å². The summed E-state index contributed by atoms with van der Waals surface area (Å²) in [4.78, 5) is 0. The van der Waals surface area contributed by atoms with E-state index in [2.05, 4.69) is 93.8 Å². The summed E-state index contributed by atoms with van der Waals surface area (Å²) in [5, 5.41) is 7.35. The molecule has 172 valence electrons. The van der Waals surface area contributed by atoms with Crippen LogP contribution in [0.25, 0.3) is 16.7 Å². The van der Waals surface area contributed by atoms with Gasteiger partial charge in [0, 0.05) is 23.4 Å². The average molecular weight is 443 g/mol. The van der Waals surface area contributed by atoms with Gasteiger partial charge in [-0.3, -0.25) is 0 Å². The lowest BCUT2D eigenvalue weighted by molar-refractivity contribution is 0.416. The Balaban J connectivity index is 1.88. The molecule has 0 atom stereocenters. The molecule has 3 aromatic carbocycles. The van der Waals surface area contributed by atoms with Crippen molar-refractivity contribution in [3.63, 3.8) is 0 Å². The SMILES string of the molecule is COc1ccc(C)cc1NCc1c(-c2cc(C)ccc2OC)ccc2c1C(C)=CC(C)(C)N2. The first-order chi connectivity index (χ1) is 15.7. The number of rotatable bonds is 6. The standard InChI is InChI=1S/C29H34N2O2/c1-18-8-12-26(32-6)22(14-18)21-10-11-24-28(20(3)16-29(4,5)31-24)23(21)17-30-25-15-19(2)9-13-27(25)33-7/h8-16,30-31H,17H2,1-7H3. The van der Waals surface area contributed by atoms with Gasteiger partial charge in [-0.05, 0) is 87.2 Å². The van der Waals surface area contributed by atoms with Gasteiger partial charge in [-0.1, -0.05) is 29.8 Å². The number of nitrogens with one attached hydrogen (secondary N) is 2. The van der Waals surface area contributed by atoms with E-state index in [9.17, 15) is 0 Å². The molecule has 1 aliphatic rings. The normalized spacial score (nSPS) is 14.1. The molecular formula is C29H34N2O2. The highest BCUT2D eigenvalue weighted by molar-refractivity contribution is 5.88. The minimum absolute atomic E-state index is 0.0932. The Morgan fingerprint density at radius 3 is 2.18 bits per heavy atom. The van der Waals surface area contributed by atoms with Gasteiger partial charge >= 0.3 is 0 Å². The molecule has 33 heavy (non-hydrogen) atoms. The van der Waals surface area contributed by atoms with Crippen LogP contribution in [0.1, 0.15) is 43.0 Å². The number of benzene rings is 3. The molecule has 0 aromatic heterocycles. The predicted molar refractivity (Wildman–Crippen MR) is 140 cm³/mol. The van der Waals surface area contributed by atoms with Crippen molar-refractivity contribution < 1.29 is 9.47 Å². The molecule has 4 rings (SSSR count). The summed E-state index contributed by atoms with van der Waals surface area (Å²) in [6.45, 7) is 11.5. The van der Waals surface area contributed by atoms with Crippen molar-refractivity contribution in [2.45, 2.75) is 46.7 Å². The number of methoxy groups -OCH3 is 2. The zero-order valence-corrected chi connectivity index (χ0v) is 20.7. The van der Waals surface area contributed by atoms with Crippen molar-refractivity contribution in [2.24, 2.45) is 0 Å². The number of anilines is 2. The highest BCUT2D eigenvalue weighted by atomic mass is 16.5. The van der Waals surface area contributed by atoms with Gasteiger partial charge in [0.05, 0.1) is 25.4 Å². The van der Waals surface area contributed by atoms with Crippen LogP contribution < -0.4 is 20.1 Å². The van der Waals surface area contributed by atoms with E-state index in [0.29, 0.717) is 6.54 Å². The summed E-state index contributed by atoms with van der Waals surface area (Å²) in [5.41, 5.74) is 10.5. The van der Waals surface area contributed by atoms with Crippen LogP contribution >= 0.6 is 0 Å². The summed E-state index contributed by atoms with van der Waals surface area (Å²) in [6.07, 6.45) is 2.31. The number of aryl methyl sites for hydroxylation is 2. The maximum absolute atomic E-state index is 5.76. The fraction of sp³-hybridized carbons (Fsp3) is 0.310. The number of ether oxygens (including phenoxy) is 2. The lowest BCUT2D eigenvalue weighted by Crippen LogP contribution is -2.32. The van der Waals surface area contributed by atoms with Crippen LogP contribution in [0.15, 0.2) is 54.6 Å². The quantitative estimate of drug-likeness (QED) is 0.423. The minimum Gasteiger partial charge on any atom is -0.496 e. The molecule has 2 N–H and O–H groups in total. The van der Waals surface area contributed by atoms with Crippen molar-refractivity contribution in [3.8, 4) is 22.6 Å². The smallest absolute Gasteiger partial charge is 0.141 e. The molecule has 0 saturated heterocycles. The van der Waals surface area contributed by atoms with E-state index in [1.54, 1.807) is 14.2 Å². The topological polar surface area (TPSA) is 42.5 Å². The summed E-state index contributed by atoms with van der Waals surface area (Å²) >= 11 is 0. The van der Waals surface area contributed by atoms with Gasteiger partial charge in [-0.2, -0.15) is 0 Å². The van der Waals surface area contributed by atoms with Crippen LogP contribution in [0.5, 0.6) is 11.5 Å². The largest absolute Gasteiger partial charge is 0.496 e. The third-order valence-corrected chi connectivity index (χ3v) is 6.20. The predicted octanol–water partition coefficient (Wildman–Crippen LogP) is 7.21. The molecular weight excluding hydrogens is 408 g/mol. The second-order valence-electron chi connectivity index (χ2n) is 9.45. The molecule has 0 aliphatic carbocycles. The summed E-state index contributed by atoms with van der Waals surface area (Å²) in [7, 11) is 3.44.